The molecule has 5 nitrogen and oxygen atoms in total. The summed E-state index contributed by atoms with van der Waals surface area (Å²) in [7, 11) is 0. The molecule has 1 aromatic carbocycles. The van der Waals surface area contributed by atoms with Crippen molar-refractivity contribution in [2.75, 3.05) is 13.1 Å². The molecule has 2 rings (SSSR count). The van der Waals surface area contributed by atoms with Gasteiger partial charge in [-0.15, -0.1) is 6.58 Å². The lowest BCUT2D eigenvalue weighted by atomic mass is 10.0. The summed E-state index contributed by atoms with van der Waals surface area (Å²) in [5.41, 5.74) is 0.0150. The highest BCUT2D eigenvalue weighted by molar-refractivity contribution is 5.83. The van der Waals surface area contributed by atoms with E-state index in [-0.39, 0.29) is 19.5 Å². The van der Waals surface area contributed by atoms with E-state index >= 15 is 0 Å². The number of amides is 1. The van der Waals surface area contributed by atoms with Crippen molar-refractivity contribution in [3.8, 4) is 0 Å². The van der Waals surface area contributed by atoms with Crippen LogP contribution in [-0.2, 0) is 11.2 Å². The van der Waals surface area contributed by atoms with Gasteiger partial charge in [0.05, 0.1) is 11.9 Å². The fourth-order valence-electron chi connectivity index (χ4n) is 2.72. The normalized spacial score (nSPS) is 11.9. The summed E-state index contributed by atoms with van der Waals surface area (Å²) >= 11 is 0. The number of hydrogen-bond acceptors (Lipinski definition) is 3. The zero-order chi connectivity index (χ0) is 21.3. The number of nitrogens with zero attached hydrogens (tertiary/aromatic N) is 2. The van der Waals surface area contributed by atoms with Gasteiger partial charge in [0.25, 0.3) is 0 Å². The number of hydrogen-bond donors (Lipinski definition) is 1. The summed E-state index contributed by atoms with van der Waals surface area (Å²) < 4.78 is 21.0. The van der Waals surface area contributed by atoms with E-state index in [0.29, 0.717) is 5.56 Å². The van der Waals surface area contributed by atoms with Crippen molar-refractivity contribution in [3.05, 3.63) is 54.9 Å². The van der Waals surface area contributed by atoms with Gasteiger partial charge in [-0.2, -0.15) is 0 Å². The van der Waals surface area contributed by atoms with Crippen LogP contribution in [0.15, 0.2) is 49.3 Å². The van der Waals surface area contributed by atoms with Gasteiger partial charge in [-0.05, 0) is 32.2 Å². The van der Waals surface area contributed by atoms with Crippen LogP contribution in [0.4, 0.5) is 9.18 Å². The average Bonchev–Trinajstić information content (AvgIpc) is 2.61. The minimum Gasteiger partial charge on any atom is -0.444 e. The molecule has 2 aromatic rings. The van der Waals surface area contributed by atoms with Crippen molar-refractivity contribution in [1.29, 1.82) is 0 Å². The van der Waals surface area contributed by atoms with E-state index in [1.54, 1.807) is 27.0 Å². The van der Waals surface area contributed by atoms with Gasteiger partial charge in [0.15, 0.2) is 0 Å². The molecule has 1 N–H and O–H groups in total. The van der Waals surface area contributed by atoms with Crippen molar-refractivity contribution in [2.24, 2.45) is 0 Å². The lowest BCUT2D eigenvalue weighted by molar-refractivity contribution is -0.904. The molecule has 154 valence electrons. The number of halogens is 1. The second-order valence-electron chi connectivity index (χ2n) is 7.23. The third kappa shape index (κ3) is 7.18. The van der Waals surface area contributed by atoms with Crippen LogP contribution in [0, 0.1) is 0 Å². The Balaban J connectivity index is 0.00000190. The van der Waals surface area contributed by atoms with Gasteiger partial charge >= 0.3 is 6.09 Å². The minimum atomic E-state index is -1.31. The Morgan fingerprint density at radius 2 is 1.96 bits per heavy atom. The third-order valence-electron chi connectivity index (χ3n) is 3.73. The molecule has 0 aliphatic rings. The fourth-order valence-corrected chi connectivity index (χ4v) is 2.72. The van der Waals surface area contributed by atoms with Crippen molar-refractivity contribution in [3.63, 3.8) is 0 Å². The van der Waals surface area contributed by atoms with Gasteiger partial charge < -0.3 is 9.64 Å². The molecule has 1 unspecified atom stereocenters. The molecule has 0 saturated carbocycles. The summed E-state index contributed by atoms with van der Waals surface area (Å²) in [6.07, 6.45) is 2.77. The number of ether oxygens (including phenoxy) is 1. The van der Waals surface area contributed by atoms with Crippen LogP contribution in [0.25, 0.3) is 10.8 Å². The topological polar surface area (TPSA) is 53.7 Å². The van der Waals surface area contributed by atoms with Crippen LogP contribution in [0.5, 0.6) is 0 Å². The van der Waals surface area contributed by atoms with Crippen molar-refractivity contribution >= 4 is 16.9 Å². The predicted octanol–water partition coefficient (Wildman–Crippen LogP) is 4.69. The zero-order valence-corrected chi connectivity index (χ0v) is 17.5. The van der Waals surface area contributed by atoms with Crippen molar-refractivity contribution < 1.29 is 23.9 Å². The lowest BCUT2D eigenvalue weighted by Gasteiger charge is -2.27. The maximum absolute atomic E-state index is 14.7. The molecule has 0 aliphatic heterocycles. The largest absolute Gasteiger partial charge is 0.444 e. The molecule has 0 spiro atoms. The summed E-state index contributed by atoms with van der Waals surface area (Å²) in [6, 6.07) is 7.45. The average molecular weight is 392 g/mol. The molecule has 1 aromatic heterocycles. The molecular weight excluding hydrogens is 359 g/mol. The van der Waals surface area contributed by atoms with Crippen LogP contribution >= 0.6 is 0 Å². The molecule has 1 heterocycles. The van der Waals surface area contributed by atoms with Crippen LogP contribution in [0.1, 0.15) is 40.2 Å². The second-order valence-corrected chi connectivity index (χ2v) is 7.23. The molecule has 28 heavy (non-hydrogen) atoms. The van der Waals surface area contributed by atoms with Crippen LogP contribution in [-0.4, -0.2) is 41.1 Å². The van der Waals surface area contributed by atoms with E-state index in [4.69, 9.17) is 4.74 Å². The van der Waals surface area contributed by atoms with Crippen molar-refractivity contribution in [2.45, 2.75) is 52.8 Å². The van der Waals surface area contributed by atoms with Gasteiger partial charge in [-0.1, -0.05) is 38.1 Å². The Bertz CT molecular complexity index is 787. The first-order valence-electron chi connectivity index (χ1n) is 9.54. The van der Waals surface area contributed by atoms with E-state index in [0.717, 1.165) is 15.5 Å². The van der Waals surface area contributed by atoms with Crippen LogP contribution < -0.4 is 4.73 Å². The van der Waals surface area contributed by atoms with Gasteiger partial charge in [-0.25, -0.2) is 9.18 Å². The number of carbonyl (C=O) groups is 1. The number of alkyl halides is 1. The van der Waals surface area contributed by atoms with E-state index in [2.05, 4.69) is 6.58 Å². The molecule has 6 heteroatoms. The standard InChI is InChI=1S/C20H26FN2O3.C2H6/c1-5-10-22(19(24)26-20(2,3)4)14-17(21)11-16-13-23(25)12-15-8-6-7-9-18(15)16;1-2/h5-9,12-13,17,25H,1,10-11,14H2,2-4H3;1-2H3/q+1;. The smallest absolute Gasteiger partial charge is 0.410 e. The Morgan fingerprint density at radius 3 is 2.57 bits per heavy atom. The first kappa shape index (κ1) is 23.4. The Labute approximate surface area is 167 Å². The number of aromatic nitrogens is 1. The molecule has 0 aliphatic carbocycles. The van der Waals surface area contributed by atoms with Crippen LogP contribution in [0.3, 0.4) is 0 Å². The quantitative estimate of drug-likeness (QED) is 0.441. The Morgan fingerprint density at radius 1 is 1.32 bits per heavy atom. The number of rotatable bonds is 6. The van der Waals surface area contributed by atoms with E-state index < -0.39 is 17.9 Å². The number of fused-ring (bicyclic) bond motifs is 1. The predicted molar refractivity (Wildman–Crippen MR) is 109 cm³/mol. The highest BCUT2D eigenvalue weighted by atomic mass is 19.1. The molecule has 0 saturated heterocycles. The first-order chi connectivity index (χ1) is 13.2. The highest BCUT2D eigenvalue weighted by Gasteiger charge is 2.25. The third-order valence-corrected chi connectivity index (χ3v) is 3.73. The molecule has 0 fully saturated rings. The van der Waals surface area contributed by atoms with E-state index in [1.165, 1.54) is 17.2 Å². The van der Waals surface area contributed by atoms with E-state index in [9.17, 15) is 14.4 Å². The second kappa shape index (κ2) is 10.6. The monoisotopic (exact) mass is 391 g/mol. The van der Waals surface area contributed by atoms with Gasteiger partial charge in [0.2, 0.25) is 12.4 Å². The molecule has 1 amide bonds. The SMILES string of the molecule is C=CCN(CC(F)Cc1c[n+](O)cc2ccccc12)C(=O)OC(C)(C)C.CC. The highest BCUT2D eigenvalue weighted by Crippen LogP contribution is 2.19. The summed E-state index contributed by atoms with van der Waals surface area (Å²) in [5.74, 6) is 0. The lowest BCUT2D eigenvalue weighted by Crippen LogP contribution is -2.40. The summed E-state index contributed by atoms with van der Waals surface area (Å²) in [5, 5.41) is 11.5. The summed E-state index contributed by atoms with van der Waals surface area (Å²) in [6.45, 7) is 13.0. The number of benzene rings is 1. The zero-order valence-electron chi connectivity index (χ0n) is 17.5. The first-order valence-corrected chi connectivity index (χ1v) is 9.54. The number of pyridine rings is 1. The molecule has 0 radical (unpaired) electrons. The maximum Gasteiger partial charge on any atom is 0.410 e. The van der Waals surface area contributed by atoms with Gasteiger partial charge in [0.1, 0.15) is 11.8 Å². The van der Waals surface area contributed by atoms with Crippen LogP contribution in [0.2, 0.25) is 0 Å². The van der Waals surface area contributed by atoms with Gasteiger partial charge in [0, 0.05) is 23.3 Å². The van der Waals surface area contributed by atoms with Crippen molar-refractivity contribution in [1.82, 2.24) is 4.90 Å². The molecule has 0 bridgehead atoms. The minimum absolute atomic E-state index is 0.0678. The maximum atomic E-state index is 14.7. The molecule has 1 atom stereocenters. The van der Waals surface area contributed by atoms with Gasteiger partial charge in [-0.3, -0.25) is 5.21 Å². The Hall–Kier alpha value is -2.63. The fraction of sp³-hybridized carbons (Fsp3) is 0.455. The molecular formula is C22H32FN2O3+. The van der Waals surface area contributed by atoms with E-state index in [1.807, 2.05) is 38.1 Å². The summed E-state index contributed by atoms with van der Waals surface area (Å²) in [4.78, 5) is 13.5. The number of carbonyl (C=O) groups excluding carboxylic acids is 1. The Kier molecular flexibility index (Phi) is 8.89.